The second-order valence-electron chi connectivity index (χ2n) is 7.49. The maximum Gasteiger partial charge on any atom is 0.234 e. The zero-order valence-electron chi connectivity index (χ0n) is 16.5. The van der Waals surface area contributed by atoms with Crippen molar-refractivity contribution in [2.75, 3.05) is 0 Å². The normalized spacial score (nSPS) is 20.6. The molecule has 0 bridgehead atoms. The molecule has 3 rings (SSSR count). The number of hydrogen-bond donors (Lipinski definition) is 0. The average Bonchev–Trinajstić information content (AvgIpc) is 3.18. The van der Waals surface area contributed by atoms with Crippen LogP contribution in [-0.2, 0) is 16.0 Å². The van der Waals surface area contributed by atoms with Crippen molar-refractivity contribution < 1.29 is 14.3 Å². The lowest BCUT2D eigenvalue weighted by Crippen LogP contribution is -2.26. The first kappa shape index (κ1) is 19.6. The van der Waals surface area contributed by atoms with E-state index in [1.54, 1.807) is 0 Å². The van der Waals surface area contributed by atoms with E-state index in [1.807, 2.05) is 52.8 Å². The summed E-state index contributed by atoms with van der Waals surface area (Å²) in [6.07, 6.45) is 3.79. The van der Waals surface area contributed by atoms with Crippen LogP contribution in [0.15, 0.2) is 17.7 Å². The maximum absolute atomic E-state index is 12.7. The minimum absolute atomic E-state index is 0.0483. The number of epoxide rings is 1. The lowest BCUT2D eigenvalue weighted by Gasteiger charge is -2.21. The zero-order chi connectivity index (χ0) is 18.9. The number of carbonyl (C=O) groups excluding carboxylic acids is 2. The molecule has 3 nitrogen and oxygen atoms in total. The summed E-state index contributed by atoms with van der Waals surface area (Å²) in [5.41, 5.74) is 4.14. The molecule has 1 fully saturated rings. The van der Waals surface area contributed by atoms with Gasteiger partial charge < -0.3 is 4.74 Å². The minimum Gasteiger partial charge on any atom is -0.367 e. The average molecular weight is 342 g/mol. The highest BCUT2D eigenvalue weighted by Gasteiger charge is 2.47. The largest absolute Gasteiger partial charge is 0.367 e. The molecule has 3 heteroatoms. The molecule has 1 unspecified atom stereocenters. The summed E-state index contributed by atoms with van der Waals surface area (Å²) in [5.74, 6) is -0.631. The van der Waals surface area contributed by atoms with Crippen molar-refractivity contribution in [1.29, 1.82) is 0 Å². The molecule has 1 aromatic carbocycles. The Morgan fingerprint density at radius 2 is 1.72 bits per heavy atom. The molecule has 0 aromatic heterocycles. The number of hydrogen-bond acceptors (Lipinski definition) is 3. The monoisotopic (exact) mass is 342 g/mol. The SMILES string of the molecule is CC.Cc1ccc2c(c1CCC1OC1(C)C)C(=O)C(=O)C(C(C)C)=C2. The molecule has 136 valence electrons. The van der Waals surface area contributed by atoms with E-state index in [0.717, 1.165) is 29.5 Å². The van der Waals surface area contributed by atoms with Gasteiger partial charge in [-0.1, -0.05) is 39.8 Å². The Kier molecular flexibility index (Phi) is 5.68. The van der Waals surface area contributed by atoms with Gasteiger partial charge in [0, 0.05) is 11.1 Å². The first-order valence-electron chi connectivity index (χ1n) is 9.33. The van der Waals surface area contributed by atoms with Crippen LogP contribution in [0.5, 0.6) is 0 Å². The van der Waals surface area contributed by atoms with E-state index >= 15 is 0 Å². The van der Waals surface area contributed by atoms with Crippen LogP contribution < -0.4 is 0 Å². The molecule has 1 aliphatic heterocycles. The van der Waals surface area contributed by atoms with E-state index in [9.17, 15) is 9.59 Å². The number of rotatable bonds is 4. The third-order valence-electron chi connectivity index (χ3n) is 5.03. The van der Waals surface area contributed by atoms with Crippen molar-refractivity contribution in [3.8, 4) is 0 Å². The fourth-order valence-corrected chi connectivity index (χ4v) is 3.40. The van der Waals surface area contributed by atoms with Gasteiger partial charge in [0.05, 0.1) is 11.7 Å². The zero-order valence-corrected chi connectivity index (χ0v) is 16.5. The summed E-state index contributed by atoms with van der Waals surface area (Å²) in [6, 6.07) is 4.00. The van der Waals surface area contributed by atoms with E-state index in [2.05, 4.69) is 13.8 Å². The Balaban J connectivity index is 0.00000109. The van der Waals surface area contributed by atoms with Gasteiger partial charge in [-0.15, -0.1) is 0 Å². The van der Waals surface area contributed by atoms with Gasteiger partial charge in [-0.3, -0.25) is 9.59 Å². The van der Waals surface area contributed by atoms with Crippen molar-refractivity contribution >= 4 is 17.6 Å². The smallest absolute Gasteiger partial charge is 0.234 e. The summed E-state index contributed by atoms with van der Waals surface area (Å²) in [5, 5.41) is 0. The Morgan fingerprint density at radius 1 is 1.12 bits per heavy atom. The van der Waals surface area contributed by atoms with Gasteiger partial charge in [0.15, 0.2) is 0 Å². The highest BCUT2D eigenvalue weighted by atomic mass is 16.6. The summed E-state index contributed by atoms with van der Waals surface area (Å²) in [7, 11) is 0. The van der Waals surface area contributed by atoms with E-state index in [-0.39, 0.29) is 29.2 Å². The Hall–Kier alpha value is -1.74. The molecule has 2 aliphatic rings. The number of ketones is 2. The summed E-state index contributed by atoms with van der Waals surface area (Å²) < 4.78 is 5.64. The van der Waals surface area contributed by atoms with Gasteiger partial charge in [-0.05, 0) is 62.3 Å². The van der Waals surface area contributed by atoms with Crippen molar-refractivity contribution in [3.05, 3.63) is 40.0 Å². The van der Waals surface area contributed by atoms with Gasteiger partial charge in [-0.2, -0.15) is 0 Å². The molecule has 25 heavy (non-hydrogen) atoms. The van der Waals surface area contributed by atoms with Crippen molar-refractivity contribution in [3.63, 3.8) is 0 Å². The molecular weight excluding hydrogens is 312 g/mol. The highest BCUT2D eigenvalue weighted by Crippen LogP contribution is 2.39. The molecule has 1 heterocycles. The summed E-state index contributed by atoms with van der Waals surface area (Å²) in [4.78, 5) is 25.1. The summed E-state index contributed by atoms with van der Waals surface area (Å²) >= 11 is 0. The number of ether oxygens (including phenoxy) is 1. The standard InChI is InChI=1S/C20H24O3.C2H6/c1-11(2)15-10-13-7-6-12(3)14(17(13)19(22)18(15)21)8-9-16-20(4,5)23-16;1-2/h6-7,10-11,16H,8-9H2,1-5H3;1-2H3. The Bertz CT molecular complexity index is 723. The molecular formula is C22H30O3. The number of fused-ring (bicyclic) bond motifs is 1. The molecule has 1 saturated heterocycles. The van der Waals surface area contributed by atoms with Gasteiger partial charge in [0.2, 0.25) is 11.6 Å². The molecule has 0 amide bonds. The second kappa shape index (κ2) is 7.25. The first-order chi connectivity index (χ1) is 11.7. The number of carbonyl (C=O) groups is 2. The number of aryl methyl sites for hydroxylation is 1. The highest BCUT2D eigenvalue weighted by molar-refractivity contribution is 6.52. The first-order valence-corrected chi connectivity index (χ1v) is 9.33. The topological polar surface area (TPSA) is 46.7 Å². The van der Waals surface area contributed by atoms with Crippen LogP contribution in [0, 0.1) is 12.8 Å². The van der Waals surface area contributed by atoms with E-state index < -0.39 is 0 Å². The van der Waals surface area contributed by atoms with E-state index in [0.29, 0.717) is 11.1 Å². The predicted molar refractivity (Wildman–Crippen MR) is 102 cm³/mol. The van der Waals surface area contributed by atoms with Crippen LogP contribution >= 0.6 is 0 Å². The Labute approximate surface area is 151 Å². The Morgan fingerprint density at radius 3 is 2.24 bits per heavy atom. The summed E-state index contributed by atoms with van der Waals surface area (Å²) in [6.45, 7) is 14.1. The van der Waals surface area contributed by atoms with Crippen LogP contribution in [0.3, 0.4) is 0 Å². The van der Waals surface area contributed by atoms with Crippen LogP contribution in [-0.4, -0.2) is 23.3 Å². The molecule has 0 radical (unpaired) electrons. The maximum atomic E-state index is 12.7. The third-order valence-corrected chi connectivity index (χ3v) is 5.03. The fraction of sp³-hybridized carbons (Fsp3) is 0.545. The quantitative estimate of drug-likeness (QED) is 0.575. The number of Topliss-reactive ketones (excluding diaryl/α,β-unsaturated/α-hetero) is 2. The van der Waals surface area contributed by atoms with Gasteiger partial charge in [-0.25, -0.2) is 0 Å². The van der Waals surface area contributed by atoms with Gasteiger partial charge in [0.25, 0.3) is 0 Å². The van der Waals surface area contributed by atoms with E-state index in [1.165, 1.54) is 0 Å². The molecule has 1 atom stereocenters. The van der Waals surface area contributed by atoms with Gasteiger partial charge >= 0.3 is 0 Å². The number of benzene rings is 1. The number of allylic oxidation sites excluding steroid dienone is 1. The molecule has 0 N–H and O–H groups in total. The second-order valence-corrected chi connectivity index (χ2v) is 7.49. The fourth-order valence-electron chi connectivity index (χ4n) is 3.40. The van der Waals surface area contributed by atoms with Gasteiger partial charge in [0.1, 0.15) is 0 Å². The lowest BCUT2D eigenvalue weighted by atomic mass is 9.80. The third kappa shape index (κ3) is 3.77. The van der Waals surface area contributed by atoms with Crippen LogP contribution in [0.4, 0.5) is 0 Å². The van der Waals surface area contributed by atoms with Crippen LogP contribution in [0.25, 0.3) is 6.08 Å². The predicted octanol–water partition coefficient (Wildman–Crippen LogP) is 4.94. The molecule has 1 aliphatic carbocycles. The van der Waals surface area contributed by atoms with Crippen molar-refractivity contribution in [2.45, 2.75) is 73.0 Å². The van der Waals surface area contributed by atoms with Crippen molar-refractivity contribution in [2.24, 2.45) is 5.92 Å². The van der Waals surface area contributed by atoms with E-state index in [4.69, 9.17) is 4.74 Å². The van der Waals surface area contributed by atoms with Crippen LogP contribution in [0.2, 0.25) is 0 Å². The molecule has 0 spiro atoms. The minimum atomic E-state index is -0.346. The lowest BCUT2D eigenvalue weighted by molar-refractivity contribution is -0.112. The van der Waals surface area contributed by atoms with Crippen molar-refractivity contribution in [1.82, 2.24) is 0 Å². The molecule has 1 aromatic rings. The van der Waals surface area contributed by atoms with Crippen LogP contribution in [0.1, 0.15) is 75.0 Å². The molecule has 0 saturated carbocycles.